The summed E-state index contributed by atoms with van der Waals surface area (Å²) < 4.78 is 10.5. The fraction of sp³-hybridized carbons (Fsp3) is 0.261. The van der Waals surface area contributed by atoms with E-state index in [9.17, 15) is 14.9 Å². The number of nitrogens with one attached hydrogen (secondary N) is 1. The number of fused-ring (bicyclic) bond motifs is 2. The predicted molar refractivity (Wildman–Crippen MR) is 115 cm³/mol. The van der Waals surface area contributed by atoms with Crippen LogP contribution in [0.1, 0.15) is 39.2 Å². The van der Waals surface area contributed by atoms with Gasteiger partial charge in [-0.2, -0.15) is 5.26 Å². The van der Waals surface area contributed by atoms with Crippen LogP contribution in [-0.4, -0.2) is 25.6 Å². The lowest BCUT2D eigenvalue weighted by Gasteiger charge is -2.10. The fourth-order valence-electron chi connectivity index (χ4n) is 3.69. The number of anilines is 1. The van der Waals surface area contributed by atoms with Gasteiger partial charge in [-0.15, -0.1) is 11.3 Å². The summed E-state index contributed by atoms with van der Waals surface area (Å²) in [5.41, 5.74) is 1.83. The van der Waals surface area contributed by atoms with E-state index in [1.54, 1.807) is 12.1 Å². The maximum atomic E-state index is 12.6. The highest BCUT2D eigenvalue weighted by atomic mass is 32.1. The van der Waals surface area contributed by atoms with Crippen molar-refractivity contribution in [3.63, 3.8) is 0 Å². The molecule has 0 unspecified atom stereocenters. The van der Waals surface area contributed by atoms with Crippen molar-refractivity contribution in [2.24, 2.45) is 0 Å². The molecule has 0 spiro atoms. The summed E-state index contributed by atoms with van der Waals surface area (Å²) in [5.74, 6) is -0.728. The Morgan fingerprint density at radius 3 is 2.63 bits per heavy atom. The summed E-state index contributed by atoms with van der Waals surface area (Å²) in [7, 11) is 1.48. The zero-order chi connectivity index (χ0) is 21.1. The monoisotopic (exact) mass is 420 g/mol. The predicted octanol–water partition coefficient (Wildman–Crippen LogP) is 4.46. The summed E-state index contributed by atoms with van der Waals surface area (Å²) in [4.78, 5) is 26.1. The molecule has 0 radical (unpaired) electrons. The van der Waals surface area contributed by atoms with E-state index in [0.29, 0.717) is 16.3 Å². The van der Waals surface area contributed by atoms with E-state index in [0.717, 1.165) is 46.9 Å². The van der Waals surface area contributed by atoms with Crippen LogP contribution in [0.4, 0.5) is 5.00 Å². The Hall–Kier alpha value is -3.37. The van der Waals surface area contributed by atoms with Crippen LogP contribution in [-0.2, 0) is 22.4 Å². The molecule has 0 atom stereocenters. The highest BCUT2D eigenvalue weighted by molar-refractivity contribution is 7.16. The molecule has 1 aromatic heterocycles. The van der Waals surface area contributed by atoms with Gasteiger partial charge in [0.15, 0.2) is 6.61 Å². The standard InChI is InChI=1S/C23H20N2O4S/c1-28-19-11-15-7-3-2-6-14(15)10-17(19)23(27)29-13-21(26)25-22-18(12-24)16-8-4-5-9-20(16)30-22/h2-3,6-7,10-11H,4-5,8-9,13H2,1H3,(H,25,26). The molecule has 6 nitrogen and oxygen atoms in total. The Labute approximate surface area is 178 Å². The van der Waals surface area contributed by atoms with Crippen molar-refractivity contribution in [1.82, 2.24) is 0 Å². The van der Waals surface area contributed by atoms with Crippen LogP contribution < -0.4 is 10.1 Å². The molecule has 3 aromatic rings. The Morgan fingerprint density at radius 1 is 1.17 bits per heavy atom. The highest BCUT2D eigenvalue weighted by Crippen LogP contribution is 2.37. The van der Waals surface area contributed by atoms with E-state index in [-0.39, 0.29) is 5.56 Å². The molecule has 0 saturated heterocycles. The number of nitrogens with zero attached hydrogens (tertiary/aromatic N) is 1. The van der Waals surface area contributed by atoms with E-state index >= 15 is 0 Å². The van der Waals surface area contributed by atoms with E-state index in [1.807, 2.05) is 24.3 Å². The number of aryl methyl sites for hydroxylation is 1. The molecule has 1 aliphatic rings. The van der Waals surface area contributed by atoms with E-state index in [4.69, 9.17) is 9.47 Å². The second-order valence-electron chi connectivity index (χ2n) is 7.05. The molecular weight excluding hydrogens is 400 g/mol. The summed E-state index contributed by atoms with van der Waals surface area (Å²) in [6, 6.07) is 13.3. The van der Waals surface area contributed by atoms with Crippen molar-refractivity contribution < 1.29 is 19.1 Å². The van der Waals surface area contributed by atoms with Crippen molar-refractivity contribution in [3.8, 4) is 11.8 Å². The minimum atomic E-state index is -0.640. The van der Waals surface area contributed by atoms with E-state index in [2.05, 4.69) is 11.4 Å². The third-order valence-corrected chi connectivity index (χ3v) is 6.37. The number of hydrogen-bond donors (Lipinski definition) is 1. The quantitative estimate of drug-likeness (QED) is 0.616. The molecule has 152 valence electrons. The van der Waals surface area contributed by atoms with Gasteiger partial charge in [0.05, 0.1) is 12.7 Å². The molecule has 1 aliphatic carbocycles. The number of ether oxygens (including phenoxy) is 2. The number of hydrogen-bond acceptors (Lipinski definition) is 6. The maximum absolute atomic E-state index is 12.6. The number of thiophene rings is 1. The van der Waals surface area contributed by atoms with Crippen LogP contribution >= 0.6 is 11.3 Å². The molecule has 7 heteroatoms. The van der Waals surface area contributed by atoms with E-state index < -0.39 is 18.5 Å². The molecule has 0 bridgehead atoms. The lowest BCUT2D eigenvalue weighted by Crippen LogP contribution is -2.21. The fourth-order valence-corrected chi connectivity index (χ4v) is 4.95. The van der Waals surface area contributed by atoms with Gasteiger partial charge in [0.2, 0.25) is 0 Å². The Bertz CT molecular complexity index is 1180. The molecule has 1 N–H and O–H groups in total. The van der Waals surface area contributed by atoms with Crippen LogP contribution in [0.2, 0.25) is 0 Å². The minimum absolute atomic E-state index is 0.258. The van der Waals surface area contributed by atoms with Crippen LogP contribution in [0.3, 0.4) is 0 Å². The number of methoxy groups -OCH3 is 1. The molecule has 1 amide bonds. The molecule has 0 saturated carbocycles. The first-order valence-corrected chi connectivity index (χ1v) is 10.5. The Morgan fingerprint density at radius 2 is 1.90 bits per heavy atom. The summed E-state index contributed by atoms with van der Waals surface area (Å²) in [6.07, 6.45) is 3.94. The van der Waals surface area contributed by atoms with Crippen molar-refractivity contribution in [3.05, 3.63) is 58.0 Å². The normalized spacial score (nSPS) is 12.7. The topological polar surface area (TPSA) is 88.4 Å². The number of nitriles is 1. The average molecular weight is 420 g/mol. The second-order valence-corrected chi connectivity index (χ2v) is 8.16. The number of amides is 1. The average Bonchev–Trinajstić information content (AvgIpc) is 3.13. The van der Waals surface area contributed by atoms with E-state index in [1.165, 1.54) is 18.4 Å². The maximum Gasteiger partial charge on any atom is 0.342 e. The molecule has 4 rings (SSSR count). The third-order valence-electron chi connectivity index (χ3n) is 5.16. The van der Waals surface area contributed by atoms with Gasteiger partial charge in [-0.25, -0.2) is 4.79 Å². The first-order valence-electron chi connectivity index (χ1n) is 9.69. The van der Waals surface area contributed by atoms with Gasteiger partial charge < -0.3 is 14.8 Å². The third kappa shape index (κ3) is 3.87. The van der Waals surface area contributed by atoms with Gasteiger partial charge in [0, 0.05) is 4.88 Å². The molecule has 0 aliphatic heterocycles. The van der Waals surface area contributed by atoms with Crippen molar-refractivity contribution in [2.75, 3.05) is 19.0 Å². The number of carbonyl (C=O) groups is 2. The Kier molecular flexibility index (Phi) is 5.68. The molecule has 30 heavy (non-hydrogen) atoms. The first kappa shape index (κ1) is 19.9. The number of benzene rings is 2. The van der Waals surface area contributed by atoms with Gasteiger partial charge in [-0.05, 0) is 54.2 Å². The minimum Gasteiger partial charge on any atom is -0.496 e. The molecule has 2 aromatic carbocycles. The lowest BCUT2D eigenvalue weighted by atomic mass is 9.96. The number of rotatable bonds is 5. The summed E-state index contributed by atoms with van der Waals surface area (Å²) >= 11 is 1.44. The smallest absolute Gasteiger partial charge is 0.342 e. The summed E-state index contributed by atoms with van der Waals surface area (Å²) in [6.45, 7) is -0.442. The van der Waals surface area contributed by atoms with Crippen molar-refractivity contribution in [2.45, 2.75) is 25.7 Å². The van der Waals surface area contributed by atoms with Gasteiger partial charge >= 0.3 is 5.97 Å². The van der Waals surface area contributed by atoms with Crippen LogP contribution in [0.25, 0.3) is 10.8 Å². The summed E-state index contributed by atoms with van der Waals surface area (Å²) in [5, 5.41) is 14.6. The zero-order valence-electron chi connectivity index (χ0n) is 16.5. The largest absolute Gasteiger partial charge is 0.496 e. The molecule has 0 fully saturated rings. The lowest BCUT2D eigenvalue weighted by molar-refractivity contribution is -0.119. The SMILES string of the molecule is COc1cc2ccccc2cc1C(=O)OCC(=O)Nc1sc2c(c1C#N)CCCC2. The van der Waals surface area contributed by atoms with Gasteiger partial charge in [-0.3, -0.25) is 4.79 Å². The second kappa shape index (κ2) is 8.56. The first-order chi connectivity index (χ1) is 14.6. The van der Waals surface area contributed by atoms with Crippen LogP contribution in [0, 0.1) is 11.3 Å². The van der Waals surface area contributed by atoms with Gasteiger partial charge in [0.25, 0.3) is 5.91 Å². The van der Waals surface area contributed by atoms with Gasteiger partial charge in [0.1, 0.15) is 22.4 Å². The highest BCUT2D eigenvalue weighted by Gasteiger charge is 2.22. The number of carbonyl (C=O) groups excluding carboxylic acids is 2. The van der Waals surface area contributed by atoms with Crippen LogP contribution in [0.5, 0.6) is 5.75 Å². The van der Waals surface area contributed by atoms with Gasteiger partial charge in [-0.1, -0.05) is 24.3 Å². The number of esters is 1. The van der Waals surface area contributed by atoms with Crippen molar-refractivity contribution >= 4 is 39.0 Å². The van der Waals surface area contributed by atoms with Crippen LogP contribution in [0.15, 0.2) is 36.4 Å². The molecular formula is C23H20N2O4S. The van der Waals surface area contributed by atoms with Crippen molar-refractivity contribution in [1.29, 1.82) is 5.26 Å². The Balaban J connectivity index is 1.46. The molecule has 1 heterocycles. The zero-order valence-corrected chi connectivity index (χ0v) is 17.3.